The third-order valence-corrected chi connectivity index (χ3v) is 3.93. The first-order valence-corrected chi connectivity index (χ1v) is 6.80. The monoisotopic (exact) mass is 330 g/mol. The second kappa shape index (κ2) is 4.54. The van der Waals surface area contributed by atoms with E-state index in [0.29, 0.717) is 0 Å². The average Bonchev–Trinajstić information content (AvgIpc) is 2.56. The van der Waals surface area contributed by atoms with Crippen molar-refractivity contribution in [1.82, 2.24) is 0 Å². The van der Waals surface area contributed by atoms with Crippen LogP contribution in [-0.4, -0.2) is 24.4 Å². The number of rotatable bonds is 2. The molecular formula is C16H10O8. The molecule has 8 heteroatoms. The van der Waals surface area contributed by atoms with Crippen LogP contribution in [-0.2, 0) is 0 Å². The SMILES string of the molecule is COc1cc(=O)c2oc(O)c3c(OC)cc(=O)c4oc(O)c1c2c34. The van der Waals surface area contributed by atoms with E-state index in [1.807, 2.05) is 0 Å². The van der Waals surface area contributed by atoms with Crippen LogP contribution >= 0.6 is 0 Å². The molecule has 122 valence electrons. The van der Waals surface area contributed by atoms with Crippen LogP contribution in [0.25, 0.3) is 32.7 Å². The molecule has 0 radical (unpaired) electrons. The van der Waals surface area contributed by atoms with E-state index < -0.39 is 22.8 Å². The highest BCUT2D eigenvalue weighted by atomic mass is 16.5. The predicted octanol–water partition coefficient (Wildman–Crippen LogP) is 1.92. The number of hydrogen-bond donors (Lipinski definition) is 2. The number of hydrogen-bond acceptors (Lipinski definition) is 8. The molecule has 2 aromatic carbocycles. The number of benzene rings is 2. The summed E-state index contributed by atoms with van der Waals surface area (Å²) in [6.45, 7) is 0. The first kappa shape index (κ1) is 14.2. The maximum absolute atomic E-state index is 12.3. The van der Waals surface area contributed by atoms with E-state index in [1.165, 1.54) is 14.2 Å². The van der Waals surface area contributed by atoms with Gasteiger partial charge >= 0.3 is 0 Å². The summed E-state index contributed by atoms with van der Waals surface area (Å²) in [6.07, 6.45) is 0. The zero-order valence-corrected chi connectivity index (χ0v) is 12.5. The highest BCUT2D eigenvalue weighted by Gasteiger charge is 2.26. The molecule has 8 nitrogen and oxygen atoms in total. The van der Waals surface area contributed by atoms with Gasteiger partial charge in [0.05, 0.1) is 25.0 Å². The lowest BCUT2D eigenvalue weighted by Crippen LogP contribution is -2.07. The summed E-state index contributed by atoms with van der Waals surface area (Å²) < 4.78 is 20.7. The standard InChI is InChI=1S/C16H10O8/c1-21-7-3-5(17)13-11-9(7)15(19)23-14-6(18)4-8(22-2)10(12(11)14)16(20)24-13/h3-4,19-20H,1-2H3. The lowest BCUT2D eigenvalue weighted by atomic mass is 10.0. The summed E-state index contributed by atoms with van der Waals surface area (Å²) in [4.78, 5) is 24.5. The second-order valence-electron chi connectivity index (χ2n) is 5.13. The Morgan fingerprint density at radius 1 is 0.750 bits per heavy atom. The van der Waals surface area contributed by atoms with Crippen molar-refractivity contribution in [2.75, 3.05) is 14.2 Å². The number of aromatic hydroxyl groups is 2. The van der Waals surface area contributed by atoms with E-state index in [4.69, 9.17) is 18.3 Å². The minimum Gasteiger partial charge on any atom is -0.496 e. The molecule has 24 heavy (non-hydrogen) atoms. The van der Waals surface area contributed by atoms with Gasteiger partial charge in [0, 0.05) is 12.1 Å². The van der Waals surface area contributed by atoms with Gasteiger partial charge in [-0.2, -0.15) is 0 Å². The Labute approximate surface area is 132 Å². The van der Waals surface area contributed by atoms with Gasteiger partial charge < -0.3 is 28.5 Å². The Morgan fingerprint density at radius 2 is 1.12 bits per heavy atom. The minimum atomic E-state index is -0.603. The van der Waals surface area contributed by atoms with E-state index in [1.54, 1.807) is 0 Å². The summed E-state index contributed by atoms with van der Waals surface area (Å²) in [5, 5.41) is 20.7. The molecule has 2 aromatic heterocycles. The number of ether oxygens (including phenoxy) is 2. The molecule has 0 aliphatic rings. The predicted molar refractivity (Wildman–Crippen MR) is 83.7 cm³/mol. The molecule has 4 rings (SSSR count). The van der Waals surface area contributed by atoms with E-state index in [0.717, 1.165) is 12.1 Å². The van der Waals surface area contributed by atoms with Crippen molar-refractivity contribution in [1.29, 1.82) is 0 Å². The molecule has 0 fully saturated rings. The van der Waals surface area contributed by atoms with Crippen LogP contribution in [0.3, 0.4) is 0 Å². The molecular weight excluding hydrogens is 320 g/mol. The third kappa shape index (κ3) is 1.56. The fraction of sp³-hybridized carbons (Fsp3) is 0.125. The smallest absolute Gasteiger partial charge is 0.294 e. The highest BCUT2D eigenvalue weighted by Crippen LogP contribution is 2.46. The molecule has 0 unspecified atom stereocenters. The number of methoxy groups -OCH3 is 2. The Hall–Kier alpha value is -3.42. The van der Waals surface area contributed by atoms with Crippen molar-refractivity contribution >= 4 is 32.7 Å². The summed E-state index contributed by atoms with van der Waals surface area (Å²) in [7, 11) is 2.64. The molecule has 0 aliphatic carbocycles. The van der Waals surface area contributed by atoms with Crippen molar-refractivity contribution in [2.24, 2.45) is 0 Å². The van der Waals surface area contributed by atoms with Gasteiger partial charge in [-0.3, -0.25) is 9.59 Å². The molecule has 4 aromatic rings. The third-order valence-electron chi connectivity index (χ3n) is 3.93. The molecule has 0 spiro atoms. The second-order valence-corrected chi connectivity index (χ2v) is 5.13. The van der Waals surface area contributed by atoms with Crippen LogP contribution in [0.4, 0.5) is 0 Å². The molecule has 2 heterocycles. The maximum atomic E-state index is 12.3. The average molecular weight is 330 g/mol. The molecule has 0 aliphatic heterocycles. The van der Waals surface area contributed by atoms with Crippen LogP contribution in [0, 0.1) is 0 Å². The molecule has 0 amide bonds. The summed E-state index contributed by atoms with van der Waals surface area (Å²) in [5.41, 5.74) is -1.64. The van der Waals surface area contributed by atoms with Gasteiger partial charge in [0.25, 0.3) is 11.9 Å². The zero-order valence-electron chi connectivity index (χ0n) is 12.5. The topological polar surface area (TPSA) is 119 Å². The fourth-order valence-corrected chi connectivity index (χ4v) is 2.96. The van der Waals surface area contributed by atoms with Crippen molar-refractivity contribution in [3.05, 3.63) is 32.6 Å². The Balaban J connectivity index is 2.51. The molecule has 0 bridgehead atoms. The van der Waals surface area contributed by atoms with E-state index >= 15 is 0 Å². The fourth-order valence-electron chi connectivity index (χ4n) is 2.96. The van der Waals surface area contributed by atoms with Gasteiger partial charge in [-0.05, 0) is 0 Å². The van der Waals surface area contributed by atoms with Gasteiger partial charge in [-0.1, -0.05) is 0 Å². The lowest BCUT2D eigenvalue weighted by Gasteiger charge is -2.14. The van der Waals surface area contributed by atoms with Gasteiger partial charge in [0.1, 0.15) is 22.3 Å². The van der Waals surface area contributed by atoms with Crippen LogP contribution < -0.4 is 20.3 Å². The summed E-state index contributed by atoms with van der Waals surface area (Å²) >= 11 is 0. The van der Waals surface area contributed by atoms with Crippen LogP contribution in [0.5, 0.6) is 23.4 Å². The normalized spacial score (nSPS) is 11.6. The highest BCUT2D eigenvalue weighted by molar-refractivity contribution is 6.23. The van der Waals surface area contributed by atoms with E-state index in [2.05, 4.69) is 0 Å². The summed E-state index contributed by atoms with van der Waals surface area (Å²) in [6, 6.07) is 2.19. The first-order chi connectivity index (χ1) is 11.5. The van der Waals surface area contributed by atoms with Gasteiger partial charge in [0.15, 0.2) is 11.2 Å². The molecule has 0 saturated heterocycles. The van der Waals surface area contributed by atoms with Crippen LogP contribution in [0.15, 0.2) is 30.6 Å². The first-order valence-electron chi connectivity index (χ1n) is 6.80. The largest absolute Gasteiger partial charge is 0.496 e. The minimum absolute atomic E-state index is 0.0492. The Morgan fingerprint density at radius 3 is 1.46 bits per heavy atom. The van der Waals surface area contributed by atoms with Crippen LogP contribution in [0.1, 0.15) is 0 Å². The van der Waals surface area contributed by atoms with E-state index in [-0.39, 0.29) is 44.2 Å². The van der Waals surface area contributed by atoms with Crippen molar-refractivity contribution in [3.63, 3.8) is 0 Å². The van der Waals surface area contributed by atoms with Crippen molar-refractivity contribution in [3.8, 4) is 23.4 Å². The molecule has 2 N–H and O–H groups in total. The zero-order chi connectivity index (χ0) is 17.2. The van der Waals surface area contributed by atoms with Gasteiger partial charge in [-0.25, -0.2) is 0 Å². The maximum Gasteiger partial charge on any atom is 0.294 e. The van der Waals surface area contributed by atoms with Crippen LogP contribution in [0.2, 0.25) is 0 Å². The summed E-state index contributed by atoms with van der Waals surface area (Å²) in [5.74, 6) is -1.11. The van der Waals surface area contributed by atoms with E-state index in [9.17, 15) is 19.8 Å². The lowest BCUT2D eigenvalue weighted by molar-refractivity contribution is 0.336. The van der Waals surface area contributed by atoms with Gasteiger partial charge in [-0.15, -0.1) is 0 Å². The van der Waals surface area contributed by atoms with Crippen molar-refractivity contribution < 1.29 is 28.5 Å². The molecule has 0 atom stereocenters. The quantitative estimate of drug-likeness (QED) is 0.535. The Kier molecular flexibility index (Phi) is 2.69. The molecule has 0 saturated carbocycles. The van der Waals surface area contributed by atoms with Crippen molar-refractivity contribution in [2.45, 2.75) is 0 Å². The Bertz CT molecular complexity index is 1130. The van der Waals surface area contributed by atoms with Gasteiger partial charge in [0.2, 0.25) is 10.9 Å².